The van der Waals surface area contributed by atoms with Crippen molar-refractivity contribution >= 4 is 28.4 Å². The summed E-state index contributed by atoms with van der Waals surface area (Å²) in [4.78, 5) is 19.2. The predicted molar refractivity (Wildman–Crippen MR) is 73.7 cm³/mol. The molecule has 0 bridgehead atoms. The van der Waals surface area contributed by atoms with E-state index in [9.17, 15) is 4.79 Å². The van der Waals surface area contributed by atoms with Gasteiger partial charge in [0.05, 0.1) is 0 Å². The predicted octanol–water partition coefficient (Wildman–Crippen LogP) is 2.98. The molecule has 2 aromatic heterocycles. The Morgan fingerprint density at radius 1 is 1.61 bits per heavy atom. The first-order valence-electron chi connectivity index (χ1n) is 6.52. The van der Waals surface area contributed by atoms with Gasteiger partial charge in [0.2, 0.25) is 0 Å². The molecule has 4 nitrogen and oxygen atoms in total. The summed E-state index contributed by atoms with van der Waals surface area (Å²) in [6.07, 6.45) is 7.64. The van der Waals surface area contributed by atoms with Gasteiger partial charge in [0, 0.05) is 24.2 Å². The van der Waals surface area contributed by atoms with Crippen LogP contribution in [-0.2, 0) is 0 Å². The number of carbonyl (C=O) groups excluding carboxylic acids is 1. The lowest BCUT2D eigenvalue weighted by Gasteiger charge is -2.22. The van der Waals surface area contributed by atoms with E-state index in [4.69, 9.17) is 0 Å². The van der Waals surface area contributed by atoms with Crippen LogP contribution in [0.25, 0.3) is 4.96 Å². The number of carbonyl (C=O) groups is 1. The van der Waals surface area contributed by atoms with E-state index in [1.54, 1.807) is 11.3 Å². The molecule has 0 radical (unpaired) electrons. The van der Waals surface area contributed by atoms with Gasteiger partial charge in [0.25, 0.3) is 0 Å². The minimum absolute atomic E-state index is 0.597. The highest BCUT2D eigenvalue weighted by atomic mass is 32.1. The maximum atomic E-state index is 11.3. The molecular formula is C13H17N3OS. The van der Waals surface area contributed by atoms with Crippen molar-refractivity contribution < 1.29 is 4.79 Å². The largest absolute Gasteiger partial charge is 0.352 e. The summed E-state index contributed by atoms with van der Waals surface area (Å²) in [6.45, 7) is 3.20. The molecule has 5 heteroatoms. The van der Waals surface area contributed by atoms with E-state index >= 15 is 0 Å². The second-order valence-corrected chi connectivity index (χ2v) is 5.65. The molecule has 0 spiro atoms. The minimum atomic E-state index is 0.597. The van der Waals surface area contributed by atoms with Crippen LogP contribution in [0.5, 0.6) is 0 Å². The van der Waals surface area contributed by atoms with Crippen LogP contribution in [0, 0.1) is 0 Å². The fourth-order valence-corrected chi connectivity index (χ4v) is 3.01. The highest BCUT2D eigenvalue weighted by Crippen LogP contribution is 2.34. The van der Waals surface area contributed by atoms with Crippen LogP contribution in [0.4, 0.5) is 5.82 Å². The third-order valence-electron chi connectivity index (χ3n) is 3.40. The Labute approximate surface area is 110 Å². The molecule has 1 aliphatic carbocycles. The van der Waals surface area contributed by atoms with Crippen LogP contribution in [0.2, 0.25) is 0 Å². The zero-order valence-corrected chi connectivity index (χ0v) is 11.3. The summed E-state index contributed by atoms with van der Waals surface area (Å²) in [5.41, 5.74) is 0.703. The van der Waals surface area contributed by atoms with Crippen molar-refractivity contribution in [2.75, 3.05) is 11.4 Å². The van der Waals surface area contributed by atoms with Crippen LogP contribution in [0.3, 0.4) is 0 Å². The van der Waals surface area contributed by atoms with Crippen LogP contribution >= 0.6 is 11.3 Å². The Kier molecular flexibility index (Phi) is 3.07. The van der Waals surface area contributed by atoms with Gasteiger partial charge in [0.1, 0.15) is 5.69 Å². The summed E-state index contributed by atoms with van der Waals surface area (Å²) in [7, 11) is 0. The number of rotatable bonds is 6. The van der Waals surface area contributed by atoms with E-state index < -0.39 is 0 Å². The normalized spacial score (nSPS) is 15.2. The number of aromatic nitrogens is 2. The first kappa shape index (κ1) is 11.7. The molecule has 0 aliphatic heterocycles. The Morgan fingerprint density at radius 3 is 3.11 bits per heavy atom. The van der Waals surface area contributed by atoms with E-state index in [0.717, 1.165) is 30.0 Å². The molecule has 1 aliphatic rings. The number of anilines is 1. The molecular weight excluding hydrogens is 246 g/mol. The summed E-state index contributed by atoms with van der Waals surface area (Å²) >= 11 is 1.58. The van der Waals surface area contributed by atoms with E-state index in [1.807, 2.05) is 16.0 Å². The lowest BCUT2D eigenvalue weighted by atomic mass is 10.3. The number of unbranched alkanes of at least 4 members (excludes halogenated alkanes) is 1. The van der Waals surface area contributed by atoms with Gasteiger partial charge in [0.15, 0.2) is 17.1 Å². The van der Waals surface area contributed by atoms with Gasteiger partial charge in [-0.15, -0.1) is 11.3 Å². The number of imidazole rings is 1. The molecule has 1 fully saturated rings. The number of aldehydes is 1. The van der Waals surface area contributed by atoms with Crippen molar-refractivity contribution in [1.29, 1.82) is 0 Å². The highest BCUT2D eigenvalue weighted by Gasteiger charge is 2.32. The van der Waals surface area contributed by atoms with Gasteiger partial charge in [-0.1, -0.05) is 13.3 Å². The minimum Gasteiger partial charge on any atom is -0.352 e. The van der Waals surface area contributed by atoms with Gasteiger partial charge < -0.3 is 4.90 Å². The highest BCUT2D eigenvalue weighted by molar-refractivity contribution is 7.15. The van der Waals surface area contributed by atoms with Crippen molar-refractivity contribution in [1.82, 2.24) is 9.38 Å². The van der Waals surface area contributed by atoms with Crippen molar-refractivity contribution in [2.45, 2.75) is 38.6 Å². The van der Waals surface area contributed by atoms with Crippen LogP contribution in [-0.4, -0.2) is 28.3 Å². The Balaban J connectivity index is 1.99. The molecule has 2 aromatic rings. The van der Waals surface area contributed by atoms with Gasteiger partial charge in [-0.3, -0.25) is 9.20 Å². The first-order valence-corrected chi connectivity index (χ1v) is 7.40. The fourth-order valence-electron chi connectivity index (χ4n) is 2.29. The lowest BCUT2D eigenvalue weighted by Crippen LogP contribution is -2.28. The van der Waals surface area contributed by atoms with Crippen LogP contribution in [0.1, 0.15) is 43.1 Å². The van der Waals surface area contributed by atoms with E-state index in [0.29, 0.717) is 11.7 Å². The van der Waals surface area contributed by atoms with E-state index in [2.05, 4.69) is 16.8 Å². The summed E-state index contributed by atoms with van der Waals surface area (Å²) < 4.78 is 1.90. The number of hydrogen-bond acceptors (Lipinski definition) is 4. The topological polar surface area (TPSA) is 37.6 Å². The monoisotopic (exact) mass is 263 g/mol. The zero-order chi connectivity index (χ0) is 12.5. The SMILES string of the molecule is CCCCN(c1nc2sccn2c1C=O)C1CC1. The standard InChI is InChI=1S/C13H17N3OS/c1-2-3-6-15(10-4-5-10)12-11(9-17)16-7-8-18-13(16)14-12/h7-10H,2-6H2,1H3. The maximum absolute atomic E-state index is 11.3. The van der Waals surface area contributed by atoms with Crippen molar-refractivity contribution in [3.8, 4) is 0 Å². The van der Waals surface area contributed by atoms with Gasteiger partial charge in [-0.25, -0.2) is 4.98 Å². The van der Waals surface area contributed by atoms with E-state index in [1.165, 1.54) is 19.3 Å². The van der Waals surface area contributed by atoms with E-state index in [-0.39, 0.29) is 0 Å². The molecule has 0 aromatic carbocycles. The maximum Gasteiger partial charge on any atom is 0.196 e. The summed E-state index contributed by atoms with van der Waals surface area (Å²) in [5, 5.41) is 1.96. The molecule has 0 unspecified atom stereocenters. The second kappa shape index (κ2) is 4.72. The van der Waals surface area contributed by atoms with Gasteiger partial charge in [-0.05, 0) is 19.3 Å². The van der Waals surface area contributed by atoms with Crippen LogP contribution < -0.4 is 4.90 Å². The molecule has 3 rings (SSSR count). The van der Waals surface area contributed by atoms with Crippen molar-refractivity contribution in [3.05, 3.63) is 17.3 Å². The summed E-state index contributed by atoms with van der Waals surface area (Å²) in [5.74, 6) is 0.882. The average Bonchev–Trinajstić information content (AvgIpc) is 3.00. The molecule has 0 atom stereocenters. The number of hydrogen-bond donors (Lipinski definition) is 0. The summed E-state index contributed by atoms with van der Waals surface area (Å²) in [6, 6.07) is 0.597. The molecule has 0 amide bonds. The second-order valence-electron chi connectivity index (χ2n) is 4.77. The first-order chi connectivity index (χ1) is 8.85. The lowest BCUT2D eigenvalue weighted by molar-refractivity contribution is 0.111. The Bertz CT molecular complexity index is 556. The molecule has 2 heterocycles. The quantitative estimate of drug-likeness (QED) is 0.752. The number of fused-ring (bicyclic) bond motifs is 1. The Morgan fingerprint density at radius 2 is 2.44 bits per heavy atom. The molecule has 96 valence electrons. The Hall–Kier alpha value is -1.36. The molecule has 0 saturated heterocycles. The van der Waals surface area contributed by atoms with Crippen molar-refractivity contribution in [3.63, 3.8) is 0 Å². The molecule has 1 saturated carbocycles. The third kappa shape index (κ3) is 1.92. The number of thiazole rings is 1. The van der Waals surface area contributed by atoms with Crippen molar-refractivity contribution in [2.24, 2.45) is 0 Å². The van der Waals surface area contributed by atoms with Gasteiger partial charge >= 0.3 is 0 Å². The molecule has 0 N–H and O–H groups in total. The van der Waals surface area contributed by atoms with Crippen LogP contribution in [0.15, 0.2) is 11.6 Å². The third-order valence-corrected chi connectivity index (χ3v) is 4.16. The molecule has 18 heavy (non-hydrogen) atoms. The number of nitrogens with zero attached hydrogens (tertiary/aromatic N) is 3. The smallest absolute Gasteiger partial charge is 0.196 e. The zero-order valence-electron chi connectivity index (χ0n) is 10.5. The average molecular weight is 263 g/mol. The fraction of sp³-hybridized carbons (Fsp3) is 0.538. The van der Waals surface area contributed by atoms with Gasteiger partial charge in [-0.2, -0.15) is 0 Å².